The molecule has 0 radical (unpaired) electrons. The molecule has 0 saturated carbocycles. The number of aromatic nitrogens is 1. The molecule has 0 fully saturated rings. The predicted molar refractivity (Wildman–Crippen MR) is 91.4 cm³/mol. The molecule has 1 heterocycles. The van der Waals surface area contributed by atoms with Gasteiger partial charge in [0.15, 0.2) is 0 Å². The Morgan fingerprint density at radius 2 is 1.86 bits per heavy atom. The Hall–Kier alpha value is -1.42. The molecule has 1 aromatic heterocycles. The molecular formula is C17H19NO2SSe. The quantitative estimate of drug-likeness (QED) is 0.398. The SMILES string of the molecule is O=C(CCCC[Se]Cc1ccccc1)On1ccccc1=S. The second-order valence-electron chi connectivity index (χ2n) is 4.82. The second kappa shape index (κ2) is 9.57. The van der Waals surface area contributed by atoms with Gasteiger partial charge in [-0.2, -0.15) is 0 Å². The number of carbonyl (C=O) groups is 1. The Morgan fingerprint density at radius 1 is 1.09 bits per heavy atom. The van der Waals surface area contributed by atoms with E-state index in [1.54, 1.807) is 18.3 Å². The number of hydrogen-bond donors (Lipinski definition) is 0. The van der Waals surface area contributed by atoms with Crippen molar-refractivity contribution >= 4 is 33.1 Å². The number of rotatable bonds is 8. The van der Waals surface area contributed by atoms with E-state index in [0.29, 0.717) is 26.0 Å². The monoisotopic (exact) mass is 381 g/mol. The number of carbonyl (C=O) groups excluding carboxylic acids is 1. The number of benzene rings is 1. The van der Waals surface area contributed by atoms with Gasteiger partial charge in [-0.05, 0) is 0 Å². The molecule has 0 N–H and O–H groups in total. The van der Waals surface area contributed by atoms with Crippen molar-refractivity contribution in [2.75, 3.05) is 0 Å². The van der Waals surface area contributed by atoms with Gasteiger partial charge in [-0.3, -0.25) is 0 Å². The Kier molecular flexibility index (Phi) is 7.37. The normalized spacial score (nSPS) is 10.4. The van der Waals surface area contributed by atoms with Crippen LogP contribution in [0.25, 0.3) is 0 Å². The van der Waals surface area contributed by atoms with Crippen molar-refractivity contribution in [1.29, 1.82) is 0 Å². The first-order valence-electron chi connectivity index (χ1n) is 7.26. The van der Waals surface area contributed by atoms with E-state index in [2.05, 4.69) is 24.3 Å². The van der Waals surface area contributed by atoms with Gasteiger partial charge in [-0.1, -0.05) is 0 Å². The average molecular weight is 380 g/mol. The van der Waals surface area contributed by atoms with E-state index < -0.39 is 0 Å². The third-order valence-electron chi connectivity index (χ3n) is 3.02. The summed E-state index contributed by atoms with van der Waals surface area (Å²) in [6.45, 7) is 0. The third-order valence-corrected chi connectivity index (χ3v) is 5.67. The van der Waals surface area contributed by atoms with Gasteiger partial charge >= 0.3 is 142 Å². The molecule has 5 heteroatoms. The first-order chi connectivity index (χ1) is 10.8. The molecule has 2 aromatic rings. The van der Waals surface area contributed by atoms with Gasteiger partial charge in [-0.15, -0.1) is 0 Å². The molecule has 3 nitrogen and oxygen atoms in total. The summed E-state index contributed by atoms with van der Waals surface area (Å²) in [5.41, 5.74) is 1.40. The van der Waals surface area contributed by atoms with E-state index in [-0.39, 0.29) is 5.97 Å². The summed E-state index contributed by atoms with van der Waals surface area (Å²) in [6, 6.07) is 15.9. The first-order valence-corrected chi connectivity index (χ1v) is 10.1. The minimum atomic E-state index is -0.224. The molecule has 0 aliphatic carbocycles. The molecule has 0 spiro atoms. The molecule has 2 rings (SSSR count). The molecule has 0 bridgehead atoms. The van der Waals surface area contributed by atoms with Gasteiger partial charge in [0, 0.05) is 0 Å². The summed E-state index contributed by atoms with van der Waals surface area (Å²) in [5, 5.41) is 2.36. The van der Waals surface area contributed by atoms with Crippen LogP contribution < -0.4 is 4.84 Å². The van der Waals surface area contributed by atoms with Crippen LogP contribution in [0.4, 0.5) is 0 Å². The van der Waals surface area contributed by atoms with Crippen LogP contribution in [0.5, 0.6) is 0 Å². The zero-order valence-corrected chi connectivity index (χ0v) is 14.8. The van der Waals surface area contributed by atoms with Crippen LogP contribution in [-0.4, -0.2) is 25.7 Å². The van der Waals surface area contributed by atoms with Crippen LogP contribution >= 0.6 is 12.2 Å². The fourth-order valence-electron chi connectivity index (χ4n) is 1.88. The van der Waals surface area contributed by atoms with Crippen LogP contribution in [0.3, 0.4) is 0 Å². The second-order valence-corrected chi connectivity index (χ2v) is 7.56. The fourth-order valence-corrected chi connectivity index (χ4v) is 4.12. The maximum atomic E-state index is 11.7. The summed E-state index contributed by atoms with van der Waals surface area (Å²) in [6.07, 6.45) is 4.04. The van der Waals surface area contributed by atoms with E-state index in [0.717, 1.165) is 18.2 Å². The summed E-state index contributed by atoms with van der Waals surface area (Å²) in [4.78, 5) is 16.9. The summed E-state index contributed by atoms with van der Waals surface area (Å²) >= 11 is 5.68. The van der Waals surface area contributed by atoms with Crippen LogP contribution in [0.2, 0.25) is 5.32 Å². The van der Waals surface area contributed by atoms with Crippen LogP contribution in [0.15, 0.2) is 54.7 Å². The number of nitrogens with zero attached hydrogens (tertiary/aromatic N) is 1. The maximum absolute atomic E-state index is 11.7. The molecule has 0 aliphatic rings. The van der Waals surface area contributed by atoms with Crippen molar-refractivity contribution < 1.29 is 9.63 Å². The van der Waals surface area contributed by atoms with Crippen molar-refractivity contribution in [2.24, 2.45) is 0 Å². The topological polar surface area (TPSA) is 31.2 Å². The van der Waals surface area contributed by atoms with Crippen LogP contribution in [0.1, 0.15) is 24.8 Å². The van der Waals surface area contributed by atoms with Gasteiger partial charge in [0.2, 0.25) is 0 Å². The van der Waals surface area contributed by atoms with E-state index in [4.69, 9.17) is 17.1 Å². The summed E-state index contributed by atoms with van der Waals surface area (Å²) in [5.74, 6) is -0.224. The van der Waals surface area contributed by atoms with Crippen molar-refractivity contribution in [3.8, 4) is 0 Å². The zero-order chi connectivity index (χ0) is 15.6. The molecule has 0 aliphatic heterocycles. The van der Waals surface area contributed by atoms with Crippen molar-refractivity contribution in [2.45, 2.75) is 29.9 Å². The van der Waals surface area contributed by atoms with Crippen molar-refractivity contribution in [3.05, 3.63) is 64.9 Å². The Labute approximate surface area is 142 Å². The van der Waals surface area contributed by atoms with Gasteiger partial charge in [0.25, 0.3) is 0 Å². The molecule has 0 saturated heterocycles. The molecule has 1 aromatic carbocycles. The summed E-state index contributed by atoms with van der Waals surface area (Å²) in [7, 11) is 0. The fraction of sp³-hybridized carbons (Fsp3) is 0.294. The van der Waals surface area contributed by atoms with Crippen molar-refractivity contribution in [1.82, 2.24) is 4.73 Å². The Bertz CT molecular complexity index is 642. The standard InChI is InChI=1S/C17H19NO2SSe/c19-17(20-18-12-6-4-10-16(18)21)11-5-7-13-22-14-15-8-2-1-3-9-15/h1-4,6,8-10,12H,5,7,11,13-14H2. The van der Waals surface area contributed by atoms with E-state index in [1.165, 1.54) is 15.6 Å². The average Bonchev–Trinajstić information content (AvgIpc) is 2.54. The zero-order valence-electron chi connectivity index (χ0n) is 12.3. The Balaban J connectivity index is 1.58. The predicted octanol–water partition coefficient (Wildman–Crippen LogP) is 3.67. The third kappa shape index (κ3) is 6.14. The minimum absolute atomic E-state index is 0.224. The van der Waals surface area contributed by atoms with Gasteiger partial charge in [0.05, 0.1) is 0 Å². The summed E-state index contributed by atoms with van der Waals surface area (Å²) < 4.78 is 1.85. The van der Waals surface area contributed by atoms with Gasteiger partial charge in [-0.25, -0.2) is 0 Å². The number of unbranched alkanes of at least 4 members (excludes halogenated alkanes) is 1. The van der Waals surface area contributed by atoms with E-state index >= 15 is 0 Å². The molecule has 0 amide bonds. The van der Waals surface area contributed by atoms with Crippen LogP contribution in [0, 0.1) is 4.64 Å². The molecule has 116 valence electrons. The Morgan fingerprint density at radius 3 is 2.64 bits per heavy atom. The van der Waals surface area contributed by atoms with Crippen molar-refractivity contribution in [3.63, 3.8) is 0 Å². The number of pyridine rings is 1. The number of hydrogen-bond acceptors (Lipinski definition) is 3. The molecular weight excluding hydrogens is 361 g/mol. The first kappa shape index (κ1) is 16.9. The van der Waals surface area contributed by atoms with Gasteiger partial charge < -0.3 is 0 Å². The van der Waals surface area contributed by atoms with E-state index in [1.807, 2.05) is 12.1 Å². The van der Waals surface area contributed by atoms with E-state index in [9.17, 15) is 4.79 Å². The molecule has 22 heavy (non-hydrogen) atoms. The van der Waals surface area contributed by atoms with Crippen LogP contribution in [-0.2, 0) is 10.1 Å². The molecule has 0 unspecified atom stereocenters. The van der Waals surface area contributed by atoms with Gasteiger partial charge in [0.1, 0.15) is 0 Å². The molecule has 0 atom stereocenters.